The molecule has 0 aromatic heterocycles. The first kappa shape index (κ1) is 17.7. The maximum Gasteiger partial charge on any atom is 0.317 e. The van der Waals surface area contributed by atoms with E-state index in [4.69, 9.17) is 0 Å². The van der Waals surface area contributed by atoms with Crippen molar-refractivity contribution in [3.05, 3.63) is 35.1 Å². The van der Waals surface area contributed by atoms with Crippen molar-refractivity contribution in [2.24, 2.45) is 0 Å². The zero-order valence-corrected chi connectivity index (χ0v) is 14.8. The normalized spacial score (nSPS) is 19.0. The van der Waals surface area contributed by atoms with Crippen LogP contribution in [0.1, 0.15) is 48.0 Å². The van der Waals surface area contributed by atoms with Gasteiger partial charge < -0.3 is 15.1 Å². The van der Waals surface area contributed by atoms with Crippen LogP contribution >= 0.6 is 0 Å². The fourth-order valence-corrected chi connectivity index (χ4v) is 3.59. The van der Waals surface area contributed by atoms with Gasteiger partial charge in [-0.2, -0.15) is 0 Å². The Morgan fingerprint density at radius 2 is 1.68 bits per heavy atom. The molecule has 0 spiro atoms. The number of rotatable bonds is 2. The van der Waals surface area contributed by atoms with Crippen LogP contribution in [0.3, 0.4) is 0 Å². The predicted molar refractivity (Wildman–Crippen MR) is 94.0 cm³/mol. The van der Waals surface area contributed by atoms with E-state index >= 15 is 0 Å². The lowest BCUT2D eigenvalue weighted by atomic mass is 9.96. The van der Waals surface area contributed by atoms with Crippen LogP contribution in [0.5, 0.6) is 0 Å². The van der Waals surface area contributed by atoms with E-state index in [2.05, 4.69) is 5.32 Å². The average Bonchev–Trinajstić information content (AvgIpc) is 2.64. The van der Waals surface area contributed by atoms with Gasteiger partial charge in [-0.3, -0.25) is 4.79 Å². The molecule has 1 aliphatic carbocycles. The fraction of sp³-hybridized carbons (Fsp3) is 0.579. The molecule has 0 bridgehead atoms. The molecule has 3 amide bonds. The van der Waals surface area contributed by atoms with Crippen molar-refractivity contribution >= 4 is 11.9 Å². The Balaban J connectivity index is 1.51. The van der Waals surface area contributed by atoms with Crippen molar-refractivity contribution in [1.29, 1.82) is 0 Å². The summed E-state index contributed by atoms with van der Waals surface area (Å²) in [4.78, 5) is 28.4. The van der Waals surface area contributed by atoms with Gasteiger partial charge in [0.15, 0.2) is 0 Å². The summed E-state index contributed by atoms with van der Waals surface area (Å²) >= 11 is 0. The Morgan fingerprint density at radius 1 is 1.04 bits per heavy atom. The van der Waals surface area contributed by atoms with E-state index in [0.29, 0.717) is 43.3 Å². The van der Waals surface area contributed by atoms with E-state index in [0.717, 1.165) is 12.8 Å². The van der Waals surface area contributed by atoms with E-state index in [9.17, 15) is 14.0 Å². The molecule has 1 heterocycles. The Labute approximate surface area is 148 Å². The predicted octanol–water partition coefficient (Wildman–Crippen LogP) is 2.93. The smallest absolute Gasteiger partial charge is 0.317 e. The molecule has 3 rings (SSSR count). The van der Waals surface area contributed by atoms with Gasteiger partial charge >= 0.3 is 6.03 Å². The van der Waals surface area contributed by atoms with Gasteiger partial charge in [-0.25, -0.2) is 9.18 Å². The molecule has 1 aromatic carbocycles. The third kappa shape index (κ3) is 4.30. The number of hydrogen-bond acceptors (Lipinski definition) is 2. The number of aryl methyl sites for hydroxylation is 1. The molecule has 1 N–H and O–H groups in total. The molecule has 1 aromatic rings. The summed E-state index contributed by atoms with van der Waals surface area (Å²) in [7, 11) is 0. The van der Waals surface area contributed by atoms with Crippen LogP contribution in [0.15, 0.2) is 18.2 Å². The first-order valence-electron chi connectivity index (χ1n) is 9.15. The summed E-state index contributed by atoms with van der Waals surface area (Å²) < 4.78 is 13.4. The number of nitrogens with zero attached hydrogens (tertiary/aromatic N) is 2. The highest BCUT2D eigenvalue weighted by atomic mass is 19.1. The Bertz CT molecular complexity index is 636. The van der Waals surface area contributed by atoms with Gasteiger partial charge in [0.25, 0.3) is 5.91 Å². The second kappa shape index (κ2) is 7.85. The minimum Gasteiger partial charge on any atom is -0.335 e. The maximum atomic E-state index is 13.4. The fourth-order valence-electron chi connectivity index (χ4n) is 3.59. The van der Waals surface area contributed by atoms with Crippen LogP contribution in [0.25, 0.3) is 0 Å². The van der Waals surface area contributed by atoms with Crippen molar-refractivity contribution in [1.82, 2.24) is 15.1 Å². The van der Waals surface area contributed by atoms with Gasteiger partial charge in [0.2, 0.25) is 0 Å². The number of halogens is 1. The van der Waals surface area contributed by atoms with Crippen molar-refractivity contribution in [3.63, 3.8) is 0 Å². The zero-order chi connectivity index (χ0) is 17.8. The lowest BCUT2D eigenvalue weighted by Gasteiger charge is -2.36. The van der Waals surface area contributed by atoms with Crippen molar-refractivity contribution in [2.75, 3.05) is 26.2 Å². The zero-order valence-electron chi connectivity index (χ0n) is 14.8. The molecule has 136 valence electrons. The van der Waals surface area contributed by atoms with Crippen molar-refractivity contribution < 1.29 is 14.0 Å². The number of carbonyl (C=O) groups is 2. The average molecular weight is 347 g/mol. The topological polar surface area (TPSA) is 52.7 Å². The van der Waals surface area contributed by atoms with Gasteiger partial charge in [0, 0.05) is 37.8 Å². The highest BCUT2D eigenvalue weighted by Gasteiger charge is 2.26. The van der Waals surface area contributed by atoms with Crippen LogP contribution < -0.4 is 5.32 Å². The molecule has 0 atom stereocenters. The van der Waals surface area contributed by atoms with E-state index in [1.807, 2.05) is 0 Å². The minimum absolute atomic E-state index is 0.0170. The highest BCUT2D eigenvalue weighted by molar-refractivity contribution is 5.94. The highest BCUT2D eigenvalue weighted by Crippen LogP contribution is 2.18. The molecular weight excluding hydrogens is 321 g/mol. The van der Waals surface area contributed by atoms with Crippen LogP contribution in [0, 0.1) is 12.7 Å². The summed E-state index contributed by atoms with van der Waals surface area (Å²) in [6.45, 7) is 3.73. The van der Waals surface area contributed by atoms with E-state index < -0.39 is 0 Å². The van der Waals surface area contributed by atoms with Gasteiger partial charge in [-0.15, -0.1) is 0 Å². The van der Waals surface area contributed by atoms with Crippen LogP contribution in [-0.2, 0) is 0 Å². The van der Waals surface area contributed by atoms with E-state index in [1.165, 1.54) is 31.4 Å². The van der Waals surface area contributed by atoms with Crippen LogP contribution in [-0.4, -0.2) is 54.0 Å². The number of carbonyl (C=O) groups excluding carboxylic acids is 2. The van der Waals surface area contributed by atoms with Gasteiger partial charge in [0.1, 0.15) is 5.82 Å². The number of piperazine rings is 1. The maximum absolute atomic E-state index is 13.4. The standard InChI is InChI=1S/C19H26FN3O2/c1-14-13-15(7-8-17(14)20)18(24)22-9-11-23(12-10-22)19(25)21-16-5-3-2-4-6-16/h7-8,13,16H,2-6,9-12H2,1H3,(H,21,25). The summed E-state index contributed by atoms with van der Waals surface area (Å²) in [5, 5.41) is 3.12. The Hall–Kier alpha value is -2.11. The molecule has 1 saturated carbocycles. The summed E-state index contributed by atoms with van der Waals surface area (Å²) in [5.41, 5.74) is 0.968. The van der Waals surface area contributed by atoms with E-state index in [1.54, 1.807) is 22.8 Å². The van der Waals surface area contributed by atoms with E-state index in [-0.39, 0.29) is 17.8 Å². The summed E-state index contributed by atoms with van der Waals surface area (Å²) in [5.74, 6) is -0.406. The number of urea groups is 1. The molecule has 25 heavy (non-hydrogen) atoms. The number of nitrogens with one attached hydrogen (secondary N) is 1. The SMILES string of the molecule is Cc1cc(C(=O)N2CCN(C(=O)NC3CCCCC3)CC2)ccc1F. The number of amides is 3. The van der Waals surface area contributed by atoms with Gasteiger partial charge in [-0.05, 0) is 43.5 Å². The second-order valence-electron chi connectivity index (χ2n) is 7.03. The molecule has 6 heteroatoms. The lowest BCUT2D eigenvalue weighted by molar-refractivity contribution is 0.0662. The molecule has 0 radical (unpaired) electrons. The summed E-state index contributed by atoms with van der Waals surface area (Å²) in [6.07, 6.45) is 5.76. The molecule has 0 unspecified atom stereocenters. The molecule has 1 saturated heterocycles. The van der Waals surface area contributed by atoms with Crippen molar-refractivity contribution in [2.45, 2.75) is 45.1 Å². The molecular formula is C19H26FN3O2. The Kier molecular flexibility index (Phi) is 5.56. The molecule has 1 aliphatic heterocycles. The Morgan fingerprint density at radius 3 is 2.32 bits per heavy atom. The quantitative estimate of drug-likeness (QED) is 0.894. The third-order valence-electron chi connectivity index (χ3n) is 5.19. The number of hydrogen-bond donors (Lipinski definition) is 1. The monoisotopic (exact) mass is 347 g/mol. The van der Waals surface area contributed by atoms with Gasteiger partial charge in [0.05, 0.1) is 0 Å². The lowest BCUT2D eigenvalue weighted by Crippen LogP contribution is -2.54. The second-order valence-corrected chi connectivity index (χ2v) is 7.03. The first-order chi connectivity index (χ1) is 12.0. The third-order valence-corrected chi connectivity index (χ3v) is 5.19. The number of benzene rings is 1. The molecule has 2 aliphatic rings. The minimum atomic E-state index is -0.305. The largest absolute Gasteiger partial charge is 0.335 e. The molecule has 2 fully saturated rings. The first-order valence-corrected chi connectivity index (χ1v) is 9.15. The van der Waals surface area contributed by atoms with Crippen LogP contribution in [0.2, 0.25) is 0 Å². The molecule has 5 nitrogen and oxygen atoms in total. The van der Waals surface area contributed by atoms with Gasteiger partial charge in [-0.1, -0.05) is 19.3 Å². The summed E-state index contributed by atoms with van der Waals surface area (Å²) in [6, 6.07) is 4.71. The van der Waals surface area contributed by atoms with Crippen molar-refractivity contribution in [3.8, 4) is 0 Å². The van der Waals surface area contributed by atoms with Crippen LogP contribution in [0.4, 0.5) is 9.18 Å².